The Balaban J connectivity index is 1.38. The van der Waals surface area contributed by atoms with E-state index in [2.05, 4.69) is 15.2 Å². The molecule has 4 heteroatoms. The second kappa shape index (κ2) is 8.11. The zero-order valence-electron chi connectivity index (χ0n) is 15.2. The molecule has 0 radical (unpaired) electrons. The molecule has 1 saturated heterocycles. The van der Waals surface area contributed by atoms with E-state index in [0.29, 0.717) is 0 Å². The van der Waals surface area contributed by atoms with E-state index in [-0.39, 0.29) is 5.91 Å². The van der Waals surface area contributed by atoms with Crippen LogP contribution in [0, 0.1) is 19.8 Å². The van der Waals surface area contributed by atoms with Gasteiger partial charge in [-0.05, 0) is 77.1 Å². The third kappa shape index (κ3) is 4.56. The summed E-state index contributed by atoms with van der Waals surface area (Å²) in [4.78, 5) is 19.3. The van der Waals surface area contributed by atoms with Crippen LogP contribution in [0.3, 0.4) is 0 Å². The molecule has 3 rings (SSSR count). The van der Waals surface area contributed by atoms with Gasteiger partial charge in [-0.25, -0.2) is 0 Å². The van der Waals surface area contributed by atoms with E-state index in [1.54, 1.807) is 0 Å². The molecule has 4 nitrogen and oxygen atoms in total. The van der Waals surface area contributed by atoms with Crippen LogP contribution in [0.4, 0.5) is 0 Å². The zero-order chi connectivity index (χ0) is 16.9. The predicted molar refractivity (Wildman–Crippen MR) is 97.2 cm³/mol. The Bertz CT molecular complexity index is 538. The highest BCUT2D eigenvalue weighted by atomic mass is 16.1. The molecule has 1 N–H and O–H groups in total. The van der Waals surface area contributed by atoms with Crippen LogP contribution in [0.2, 0.25) is 0 Å². The molecule has 0 bridgehead atoms. The highest BCUT2D eigenvalue weighted by Gasteiger charge is 2.26. The molecular weight excluding hydrogens is 298 g/mol. The summed E-state index contributed by atoms with van der Waals surface area (Å²) < 4.78 is 0. The van der Waals surface area contributed by atoms with Crippen molar-refractivity contribution in [3.63, 3.8) is 0 Å². The van der Waals surface area contributed by atoms with Crippen molar-refractivity contribution in [2.24, 2.45) is 5.92 Å². The maximum absolute atomic E-state index is 12.3. The van der Waals surface area contributed by atoms with Gasteiger partial charge in [-0.1, -0.05) is 12.8 Å². The fourth-order valence-corrected chi connectivity index (χ4v) is 4.33. The number of nitrogens with one attached hydrogen (secondary N) is 1. The first-order valence-corrected chi connectivity index (χ1v) is 9.59. The third-order valence-electron chi connectivity index (χ3n) is 5.67. The lowest BCUT2D eigenvalue weighted by atomic mass is 9.92. The smallest absolute Gasteiger partial charge is 0.251 e. The van der Waals surface area contributed by atoms with Crippen molar-refractivity contribution in [1.29, 1.82) is 0 Å². The summed E-state index contributed by atoms with van der Waals surface area (Å²) in [5.41, 5.74) is 2.54. The van der Waals surface area contributed by atoms with Crippen molar-refractivity contribution in [2.75, 3.05) is 19.6 Å². The fraction of sp³-hybridized carbons (Fsp3) is 0.700. The van der Waals surface area contributed by atoms with Crippen LogP contribution in [0.5, 0.6) is 0 Å². The second-order valence-electron chi connectivity index (χ2n) is 7.60. The maximum Gasteiger partial charge on any atom is 0.251 e. The summed E-state index contributed by atoms with van der Waals surface area (Å²) in [6.45, 7) is 7.16. The van der Waals surface area contributed by atoms with Crippen LogP contribution in [0.25, 0.3) is 0 Å². The number of carbonyl (C=O) groups is 1. The van der Waals surface area contributed by atoms with Crippen LogP contribution in [-0.2, 0) is 0 Å². The first-order valence-electron chi connectivity index (χ1n) is 9.59. The number of likely N-dealkylation sites (tertiary alicyclic amines) is 1. The highest BCUT2D eigenvalue weighted by Crippen LogP contribution is 2.28. The van der Waals surface area contributed by atoms with E-state index in [9.17, 15) is 4.79 Å². The van der Waals surface area contributed by atoms with E-state index >= 15 is 0 Å². The van der Waals surface area contributed by atoms with Gasteiger partial charge in [0.15, 0.2) is 0 Å². The highest BCUT2D eigenvalue weighted by molar-refractivity contribution is 5.94. The number of carbonyl (C=O) groups excluding carboxylic acids is 1. The Morgan fingerprint density at radius 3 is 2.38 bits per heavy atom. The minimum absolute atomic E-state index is 0.0343. The average molecular weight is 329 g/mol. The molecule has 1 amide bonds. The van der Waals surface area contributed by atoms with Crippen molar-refractivity contribution in [3.8, 4) is 0 Å². The summed E-state index contributed by atoms with van der Waals surface area (Å²) in [6, 6.07) is 4.59. The van der Waals surface area contributed by atoms with Crippen LogP contribution < -0.4 is 5.32 Å². The van der Waals surface area contributed by atoms with Gasteiger partial charge in [0, 0.05) is 29.5 Å². The quantitative estimate of drug-likeness (QED) is 0.899. The van der Waals surface area contributed by atoms with Crippen molar-refractivity contribution in [1.82, 2.24) is 15.2 Å². The lowest BCUT2D eigenvalue weighted by Crippen LogP contribution is -2.40. The molecule has 2 heterocycles. The monoisotopic (exact) mass is 329 g/mol. The normalized spacial score (nSPS) is 20.4. The van der Waals surface area contributed by atoms with E-state index < -0.39 is 0 Å². The Hall–Kier alpha value is -1.42. The number of amides is 1. The number of aromatic nitrogens is 1. The molecule has 1 aromatic rings. The van der Waals surface area contributed by atoms with Gasteiger partial charge in [0.25, 0.3) is 5.91 Å². The summed E-state index contributed by atoms with van der Waals surface area (Å²) >= 11 is 0. The third-order valence-corrected chi connectivity index (χ3v) is 5.67. The molecule has 0 unspecified atom stereocenters. The molecule has 132 valence electrons. The minimum atomic E-state index is 0.0343. The number of aryl methyl sites for hydroxylation is 2. The molecular formula is C20H31N3O. The fourth-order valence-electron chi connectivity index (χ4n) is 4.33. The minimum Gasteiger partial charge on any atom is -0.352 e. The van der Waals surface area contributed by atoms with E-state index in [1.165, 1.54) is 51.6 Å². The van der Waals surface area contributed by atoms with Gasteiger partial charge in [-0.3, -0.25) is 9.78 Å². The van der Waals surface area contributed by atoms with Crippen LogP contribution >= 0.6 is 0 Å². The summed E-state index contributed by atoms with van der Waals surface area (Å²) in [5.74, 6) is 0.802. The van der Waals surface area contributed by atoms with Crippen molar-refractivity contribution in [3.05, 3.63) is 29.1 Å². The molecule has 2 fully saturated rings. The van der Waals surface area contributed by atoms with Gasteiger partial charge >= 0.3 is 0 Å². The van der Waals surface area contributed by atoms with Crippen LogP contribution in [0.1, 0.15) is 66.7 Å². The number of rotatable bonds is 5. The molecule has 1 aliphatic carbocycles. The maximum atomic E-state index is 12.3. The standard InChI is InChI=1S/C20H31N3O/c1-15-13-18(14-16(2)22-15)20(24)21-10-7-17-8-11-23(12-9-17)19-5-3-4-6-19/h13-14,17,19H,3-12H2,1-2H3,(H,21,24). The van der Waals surface area contributed by atoms with Gasteiger partial charge in [0.1, 0.15) is 0 Å². The molecule has 0 spiro atoms. The van der Waals surface area contributed by atoms with Gasteiger partial charge in [-0.15, -0.1) is 0 Å². The molecule has 24 heavy (non-hydrogen) atoms. The molecule has 0 aromatic carbocycles. The average Bonchev–Trinajstić information content (AvgIpc) is 3.09. The molecule has 1 saturated carbocycles. The first-order chi connectivity index (χ1) is 11.6. The van der Waals surface area contributed by atoms with Gasteiger partial charge in [0.2, 0.25) is 0 Å². The first kappa shape index (κ1) is 17.4. The van der Waals surface area contributed by atoms with Gasteiger partial charge < -0.3 is 10.2 Å². The van der Waals surface area contributed by atoms with E-state index in [0.717, 1.165) is 41.9 Å². The lowest BCUT2D eigenvalue weighted by Gasteiger charge is -2.36. The lowest BCUT2D eigenvalue weighted by molar-refractivity contribution is 0.0944. The molecule has 2 aliphatic rings. The zero-order valence-corrected chi connectivity index (χ0v) is 15.2. The van der Waals surface area contributed by atoms with E-state index in [4.69, 9.17) is 0 Å². The molecule has 1 aliphatic heterocycles. The van der Waals surface area contributed by atoms with Crippen molar-refractivity contribution < 1.29 is 4.79 Å². The largest absolute Gasteiger partial charge is 0.352 e. The Labute approximate surface area is 146 Å². The van der Waals surface area contributed by atoms with Crippen molar-refractivity contribution in [2.45, 2.75) is 64.8 Å². The van der Waals surface area contributed by atoms with Gasteiger partial charge in [0.05, 0.1) is 0 Å². The second-order valence-corrected chi connectivity index (χ2v) is 7.60. The Morgan fingerprint density at radius 1 is 1.12 bits per heavy atom. The predicted octanol–water partition coefficient (Wildman–Crippen LogP) is 3.47. The topological polar surface area (TPSA) is 45.2 Å². The number of hydrogen-bond donors (Lipinski definition) is 1. The number of pyridine rings is 1. The number of hydrogen-bond acceptors (Lipinski definition) is 3. The van der Waals surface area contributed by atoms with Gasteiger partial charge in [-0.2, -0.15) is 0 Å². The van der Waals surface area contributed by atoms with E-state index in [1.807, 2.05) is 26.0 Å². The summed E-state index contributed by atoms with van der Waals surface area (Å²) in [6.07, 6.45) is 9.35. The number of piperidine rings is 1. The molecule has 1 aromatic heterocycles. The van der Waals surface area contributed by atoms with Crippen molar-refractivity contribution >= 4 is 5.91 Å². The molecule has 0 atom stereocenters. The SMILES string of the molecule is Cc1cc(C(=O)NCCC2CCN(C3CCCC3)CC2)cc(C)n1. The van der Waals surface area contributed by atoms with Crippen LogP contribution in [0.15, 0.2) is 12.1 Å². The summed E-state index contributed by atoms with van der Waals surface area (Å²) in [7, 11) is 0. The number of nitrogens with zero attached hydrogens (tertiary/aromatic N) is 2. The Kier molecular flexibility index (Phi) is 5.88. The van der Waals surface area contributed by atoms with Crippen LogP contribution in [-0.4, -0.2) is 41.5 Å². The summed E-state index contributed by atoms with van der Waals surface area (Å²) in [5, 5.41) is 3.09. The Morgan fingerprint density at radius 2 is 1.75 bits per heavy atom.